The molecule has 0 spiro atoms. The summed E-state index contributed by atoms with van der Waals surface area (Å²) in [5.41, 5.74) is -1.20. The fraction of sp³-hybridized carbons (Fsp3) is 0.545. The molecular weight excluding hydrogens is 259 g/mol. The van der Waals surface area contributed by atoms with Gasteiger partial charge in [-0.15, -0.1) is 0 Å². The van der Waals surface area contributed by atoms with E-state index < -0.39 is 35.7 Å². The number of aromatic nitrogens is 2. The van der Waals surface area contributed by atoms with Gasteiger partial charge in [-0.25, -0.2) is 9.18 Å². The lowest BCUT2D eigenvalue weighted by atomic mass is 10.2. The molecule has 1 aliphatic heterocycles. The third-order valence-electron chi connectivity index (χ3n) is 2.77. The molecule has 0 bridgehead atoms. The van der Waals surface area contributed by atoms with E-state index in [2.05, 4.69) is 9.72 Å². The molecule has 1 N–H and O–H groups in total. The zero-order valence-corrected chi connectivity index (χ0v) is 10.2. The van der Waals surface area contributed by atoms with Gasteiger partial charge >= 0.3 is 11.7 Å². The number of carbonyl (C=O) groups excluding carboxylic acids is 1. The van der Waals surface area contributed by atoms with Crippen LogP contribution in [0.5, 0.6) is 0 Å². The van der Waals surface area contributed by atoms with Crippen LogP contribution in [0, 0.1) is 0 Å². The molecule has 1 aromatic heterocycles. The van der Waals surface area contributed by atoms with Crippen LogP contribution in [0.3, 0.4) is 0 Å². The van der Waals surface area contributed by atoms with Crippen molar-refractivity contribution in [1.82, 2.24) is 9.55 Å². The van der Waals surface area contributed by atoms with E-state index in [1.807, 2.05) is 0 Å². The monoisotopic (exact) mass is 272 g/mol. The summed E-state index contributed by atoms with van der Waals surface area (Å²) in [5, 5.41) is 0. The summed E-state index contributed by atoms with van der Waals surface area (Å²) in [6.45, 7) is 1.01. The van der Waals surface area contributed by atoms with Gasteiger partial charge in [0.05, 0.1) is 0 Å². The summed E-state index contributed by atoms with van der Waals surface area (Å²) >= 11 is 0. The van der Waals surface area contributed by atoms with Crippen molar-refractivity contribution in [2.45, 2.75) is 31.8 Å². The fourth-order valence-corrected chi connectivity index (χ4v) is 1.86. The third-order valence-corrected chi connectivity index (χ3v) is 2.77. The Hall–Kier alpha value is -1.96. The number of carbonyl (C=O) groups is 1. The number of nitrogens with one attached hydrogen (secondary N) is 1. The number of rotatable bonds is 3. The molecule has 0 aliphatic carbocycles. The molecule has 104 valence electrons. The van der Waals surface area contributed by atoms with E-state index in [0.29, 0.717) is 0 Å². The highest BCUT2D eigenvalue weighted by atomic mass is 19.1. The molecule has 1 aromatic rings. The molecule has 1 fully saturated rings. The number of esters is 1. The second-order valence-corrected chi connectivity index (χ2v) is 4.20. The summed E-state index contributed by atoms with van der Waals surface area (Å²) in [7, 11) is 0. The van der Waals surface area contributed by atoms with Crippen LogP contribution in [-0.2, 0) is 14.3 Å². The van der Waals surface area contributed by atoms with Crippen molar-refractivity contribution >= 4 is 5.97 Å². The van der Waals surface area contributed by atoms with Crippen molar-refractivity contribution < 1.29 is 18.7 Å². The normalized spacial score (nSPS) is 26.3. The summed E-state index contributed by atoms with van der Waals surface area (Å²) in [6.07, 6.45) is -1.87. The first-order valence-electron chi connectivity index (χ1n) is 5.71. The predicted molar refractivity (Wildman–Crippen MR) is 61.4 cm³/mol. The van der Waals surface area contributed by atoms with Gasteiger partial charge in [-0.1, -0.05) is 0 Å². The first-order valence-corrected chi connectivity index (χ1v) is 5.71. The summed E-state index contributed by atoms with van der Waals surface area (Å²) in [5.74, 6) is -0.527. The van der Waals surface area contributed by atoms with E-state index in [4.69, 9.17) is 4.74 Å². The zero-order valence-electron chi connectivity index (χ0n) is 10.2. The second kappa shape index (κ2) is 5.35. The van der Waals surface area contributed by atoms with E-state index in [9.17, 15) is 18.8 Å². The van der Waals surface area contributed by atoms with Crippen LogP contribution in [-0.4, -0.2) is 34.4 Å². The van der Waals surface area contributed by atoms with Crippen molar-refractivity contribution in [3.05, 3.63) is 33.1 Å². The van der Waals surface area contributed by atoms with Crippen molar-refractivity contribution in [1.29, 1.82) is 0 Å². The topological polar surface area (TPSA) is 90.4 Å². The first-order chi connectivity index (χ1) is 8.97. The van der Waals surface area contributed by atoms with Crippen molar-refractivity contribution in [3.63, 3.8) is 0 Å². The lowest BCUT2D eigenvalue weighted by Gasteiger charge is -2.15. The van der Waals surface area contributed by atoms with Crippen molar-refractivity contribution in [2.24, 2.45) is 0 Å². The van der Waals surface area contributed by atoms with Gasteiger partial charge in [-0.3, -0.25) is 19.1 Å². The highest BCUT2D eigenvalue weighted by molar-refractivity contribution is 5.65. The van der Waals surface area contributed by atoms with Crippen molar-refractivity contribution in [2.75, 3.05) is 6.61 Å². The minimum Gasteiger partial charge on any atom is -0.463 e. The maximum absolute atomic E-state index is 13.7. The number of aromatic amines is 1. The maximum atomic E-state index is 13.7. The quantitative estimate of drug-likeness (QED) is 0.765. The first kappa shape index (κ1) is 13.5. The van der Waals surface area contributed by atoms with Crippen LogP contribution < -0.4 is 11.2 Å². The van der Waals surface area contributed by atoms with E-state index in [0.717, 1.165) is 10.6 Å². The molecule has 19 heavy (non-hydrogen) atoms. The lowest BCUT2D eigenvalue weighted by molar-refractivity contribution is -0.146. The fourth-order valence-electron chi connectivity index (χ4n) is 1.86. The number of halogens is 1. The maximum Gasteiger partial charge on any atom is 0.330 e. The Morgan fingerprint density at radius 3 is 3.00 bits per heavy atom. The largest absolute Gasteiger partial charge is 0.463 e. The molecule has 1 aliphatic rings. The Labute approximate surface area is 107 Å². The molecule has 3 atom stereocenters. The Morgan fingerprint density at radius 2 is 2.37 bits per heavy atom. The van der Waals surface area contributed by atoms with Crippen LogP contribution in [0.1, 0.15) is 19.6 Å². The molecule has 7 nitrogen and oxygen atoms in total. The minimum atomic E-state index is -1.34. The van der Waals surface area contributed by atoms with E-state index in [-0.39, 0.29) is 13.0 Å². The van der Waals surface area contributed by atoms with Gasteiger partial charge in [0.2, 0.25) is 0 Å². The van der Waals surface area contributed by atoms with Crippen molar-refractivity contribution in [3.8, 4) is 0 Å². The number of alkyl halides is 1. The predicted octanol–water partition coefficient (Wildman–Crippen LogP) is -0.275. The molecule has 2 heterocycles. The van der Waals surface area contributed by atoms with Gasteiger partial charge < -0.3 is 9.47 Å². The molecule has 0 saturated carbocycles. The number of nitrogens with zero attached hydrogens (tertiary/aromatic N) is 1. The van der Waals surface area contributed by atoms with E-state index in [1.165, 1.54) is 13.1 Å². The van der Waals surface area contributed by atoms with Gasteiger partial charge in [0, 0.05) is 25.6 Å². The second-order valence-electron chi connectivity index (χ2n) is 4.20. The minimum absolute atomic E-state index is 0.0438. The van der Waals surface area contributed by atoms with Gasteiger partial charge in [0.15, 0.2) is 0 Å². The molecule has 1 saturated heterocycles. The molecule has 0 unspecified atom stereocenters. The van der Waals surface area contributed by atoms with Crippen LogP contribution in [0.4, 0.5) is 4.39 Å². The Bertz CT molecular complexity index is 581. The Kier molecular flexibility index (Phi) is 3.79. The Balaban J connectivity index is 2.09. The number of hydrogen-bond acceptors (Lipinski definition) is 5. The Morgan fingerprint density at radius 1 is 1.63 bits per heavy atom. The van der Waals surface area contributed by atoms with E-state index in [1.54, 1.807) is 0 Å². The molecule has 2 rings (SSSR count). The third kappa shape index (κ3) is 3.08. The van der Waals surface area contributed by atoms with Gasteiger partial charge in [0.25, 0.3) is 5.56 Å². The van der Waals surface area contributed by atoms with Crippen LogP contribution in [0.25, 0.3) is 0 Å². The molecule has 8 heteroatoms. The van der Waals surface area contributed by atoms with E-state index >= 15 is 0 Å². The highest BCUT2D eigenvalue weighted by Crippen LogP contribution is 2.29. The number of H-pyrrole nitrogens is 1. The van der Waals surface area contributed by atoms with Gasteiger partial charge in [-0.05, 0) is 0 Å². The average Bonchev–Trinajstić information content (AvgIpc) is 2.67. The van der Waals surface area contributed by atoms with Gasteiger partial charge in [0.1, 0.15) is 25.1 Å². The summed E-state index contributed by atoms with van der Waals surface area (Å²) < 4.78 is 24.8. The average molecular weight is 272 g/mol. The van der Waals surface area contributed by atoms with Crippen LogP contribution in [0.2, 0.25) is 0 Å². The lowest BCUT2D eigenvalue weighted by Crippen LogP contribution is -2.31. The molecule has 0 radical (unpaired) electrons. The highest BCUT2D eigenvalue weighted by Gasteiger charge is 2.37. The van der Waals surface area contributed by atoms with Crippen LogP contribution >= 0.6 is 0 Å². The zero-order chi connectivity index (χ0) is 14.0. The number of hydrogen-bond donors (Lipinski definition) is 1. The summed E-state index contributed by atoms with van der Waals surface area (Å²) in [4.78, 5) is 35.2. The standard InChI is InChI=1S/C11H13FN2O5/c1-6(15)18-5-8-7(12)4-10(19-8)14-3-2-9(16)13-11(14)17/h2-3,7-8,10H,4-5H2,1H3,(H,13,16,17)/t7-,8+,10+/m1/s1. The molecule has 0 aromatic carbocycles. The molecular formula is C11H13FN2O5. The number of ether oxygens (including phenoxy) is 2. The molecule has 0 amide bonds. The summed E-state index contributed by atoms with van der Waals surface area (Å²) in [6, 6.07) is 1.15. The van der Waals surface area contributed by atoms with Gasteiger partial charge in [-0.2, -0.15) is 0 Å². The SMILES string of the molecule is CC(=O)OC[C@@H]1O[C@H](n2ccc(=O)[nH]c2=O)C[C@H]1F. The van der Waals surface area contributed by atoms with Crippen LogP contribution in [0.15, 0.2) is 21.9 Å². The smallest absolute Gasteiger partial charge is 0.330 e.